The molecule has 0 saturated carbocycles. The summed E-state index contributed by atoms with van der Waals surface area (Å²) in [6.45, 7) is 1.18. The molecule has 0 spiro atoms. The molecule has 1 N–H and O–H groups in total. The van der Waals surface area contributed by atoms with Crippen molar-refractivity contribution in [3.63, 3.8) is 0 Å². The maximum absolute atomic E-state index is 12.7. The minimum absolute atomic E-state index is 0.0501. The molecule has 1 fully saturated rings. The third-order valence-electron chi connectivity index (χ3n) is 5.02. The number of nitrogens with one attached hydrogen (secondary N) is 1. The highest BCUT2D eigenvalue weighted by Crippen LogP contribution is 2.32. The van der Waals surface area contributed by atoms with Crippen molar-refractivity contribution in [3.8, 4) is 11.5 Å². The first-order valence-electron chi connectivity index (χ1n) is 9.20. The number of hydrogen-bond acceptors (Lipinski definition) is 4. The van der Waals surface area contributed by atoms with Crippen LogP contribution >= 0.6 is 0 Å². The molecule has 140 valence electrons. The Morgan fingerprint density at radius 3 is 2.74 bits per heavy atom. The lowest BCUT2D eigenvalue weighted by molar-refractivity contribution is -0.135. The maximum atomic E-state index is 12.7. The predicted molar refractivity (Wildman–Crippen MR) is 99.3 cm³/mol. The highest BCUT2D eigenvalue weighted by molar-refractivity contribution is 5.90. The zero-order chi connectivity index (χ0) is 18.6. The van der Waals surface area contributed by atoms with E-state index in [-0.39, 0.29) is 18.6 Å². The summed E-state index contributed by atoms with van der Waals surface area (Å²) < 4.78 is 10.7. The summed E-state index contributed by atoms with van der Waals surface area (Å²) in [5.74, 6) is 1.36. The third-order valence-corrected chi connectivity index (χ3v) is 5.02. The molecule has 0 aliphatic carbocycles. The number of likely N-dealkylation sites (tertiary alicyclic amines) is 1. The molecule has 0 aromatic heterocycles. The maximum Gasteiger partial charge on any atom is 0.243 e. The Kier molecular flexibility index (Phi) is 4.96. The van der Waals surface area contributed by atoms with Crippen molar-refractivity contribution < 1.29 is 19.1 Å². The van der Waals surface area contributed by atoms with Gasteiger partial charge < -0.3 is 19.7 Å². The fourth-order valence-electron chi connectivity index (χ4n) is 3.54. The molecule has 2 aliphatic heterocycles. The molecule has 4 rings (SSSR count). The summed E-state index contributed by atoms with van der Waals surface area (Å²) in [4.78, 5) is 26.6. The molecular formula is C21H22N2O4. The third kappa shape index (κ3) is 3.89. The normalized spacial score (nSPS) is 18.0. The lowest BCUT2D eigenvalue weighted by atomic mass is 10.1. The van der Waals surface area contributed by atoms with Gasteiger partial charge in [-0.05, 0) is 36.1 Å². The van der Waals surface area contributed by atoms with Crippen LogP contribution in [0, 0.1) is 0 Å². The second-order valence-corrected chi connectivity index (χ2v) is 6.78. The molecule has 0 bridgehead atoms. The molecule has 0 radical (unpaired) electrons. The Labute approximate surface area is 158 Å². The number of benzene rings is 2. The quantitative estimate of drug-likeness (QED) is 0.852. The van der Waals surface area contributed by atoms with Gasteiger partial charge in [-0.3, -0.25) is 9.59 Å². The van der Waals surface area contributed by atoms with Gasteiger partial charge in [-0.1, -0.05) is 36.4 Å². The second-order valence-electron chi connectivity index (χ2n) is 6.78. The Morgan fingerprint density at radius 1 is 1.07 bits per heavy atom. The number of ether oxygens (including phenoxy) is 2. The fraction of sp³-hybridized carbons (Fsp3) is 0.333. The van der Waals surface area contributed by atoms with E-state index in [1.165, 1.54) is 0 Å². The van der Waals surface area contributed by atoms with Crippen LogP contribution in [-0.4, -0.2) is 36.1 Å². The van der Waals surface area contributed by atoms with Crippen LogP contribution in [0.25, 0.3) is 0 Å². The van der Waals surface area contributed by atoms with Gasteiger partial charge in [-0.25, -0.2) is 0 Å². The Balaban J connectivity index is 1.34. The molecule has 27 heavy (non-hydrogen) atoms. The van der Waals surface area contributed by atoms with Crippen molar-refractivity contribution >= 4 is 11.8 Å². The zero-order valence-corrected chi connectivity index (χ0v) is 15.0. The first-order chi connectivity index (χ1) is 13.2. The summed E-state index contributed by atoms with van der Waals surface area (Å²) >= 11 is 0. The van der Waals surface area contributed by atoms with Crippen LogP contribution in [0.15, 0.2) is 48.5 Å². The van der Waals surface area contributed by atoms with Crippen molar-refractivity contribution in [2.45, 2.75) is 31.8 Å². The topological polar surface area (TPSA) is 67.9 Å². The van der Waals surface area contributed by atoms with E-state index < -0.39 is 6.04 Å². The molecule has 2 aromatic carbocycles. The number of nitrogens with zero attached hydrogens (tertiary/aromatic N) is 1. The van der Waals surface area contributed by atoms with E-state index in [1.807, 2.05) is 48.5 Å². The number of carbonyl (C=O) groups is 2. The Morgan fingerprint density at radius 2 is 1.89 bits per heavy atom. The molecule has 1 saturated heterocycles. The predicted octanol–water partition coefficient (Wildman–Crippen LogP) is 2.27. The SMILES string of the molecule is O=C(NCc1ccc2c(c1)OCO2)C1CCC(=O)N1CCc1ccccc1. The van der Waals surface area contributed by atoms with Gasteiger partial charge in [-0.15, -0.1) is 0 Å². The summed E-state index contributed by atoms with van der Waals surface area (Å²) in [5, 5.41) is 2.95. The van der Waals surface area contributed by atoms with Gasteiger partial charge in [0.25, 0.3) is 0 Å². The molecule has 6 heteroatoms. The van der Waals surface area contributed by atoms with E-state index in [0.29, 0.717) is 31.7 Å². The molecule has 2 amide bonds. The van der Waals surface area contributed by atoms with E-state index in [1.54, 1.807) is 4.90 Å². The Hall–Kier alpha value is -3.02. The molecule has 6 nitrogen and oxygen atoms in total. The van der Waals surface area contributed by atoms with Crippen LogP contribution in [0.5, 0.6) is 11.5 Å². The number of hydrogen-bond donors (Lipinski definition) is 1. The lowest BCUT2D eigenvalue weighted by Crippen LogP contribution is -2.45. The van der Waals surface area contributed by atoms with Gasteiger partial charge in [0, 0.05) is 19.5 Å². The van der Waals surface area contributed by atoms with E-state index in [4.69, 9.17) is 9.47 Å². The minimum atomic E-state index is -0.393. The summed E-state index contributed by atoms with van der Waals surface area (Å²) in [6, 6.07) is 15.2. The van der Waals surface area contributed by atoms with E-state index >= 15 is 0 Å². The molecule has 2 heterocycles. The van der Waals surface area contributed by atoms with Gasteiger partial charge in [0.1, 0.15) is 6.04 Å². The monoisotopic (exact) mass is 366 g/mol. The number of amides is 2. The second kappa shape index (κ2) is 7.70. The van der Waals surface area contributed by atoms with Crippen LogP contribution in [0.3, 0.4) is 0 Å². The van der Waals surface area contributed by atoms with Crippen molar-refractivity contribution in [1.82, 2.24) is 10.2 Å². The molecular weight excluding hydrogens is 344 g/mol. The van der Waals surface area contributed by atoms with Crippen LogP contribution < -0.4 is 14.8 Å². The first kappa shape index (κ1) is 17.4. The fourth-order valence-corrected chi connectivity index (χ4v) is 3.54. The van der Waals surface area contributed by atoms with Crippen molar-refractivity contribution in [2.75, 3.05) is 13.3 Å². The highest BCUT2D eigenvalue weighted by Gasteiger charge is 2.35. The van der Waals surface area contributed by atoms with E-state index in [9.17, 15) is 9.59 Å². The van der Waals surface area contributed by atoms with Gasteiger partial charge in [-0.2, -0.15) is 0 Å². The molecule has 1 unspecified atom stereocenters. The van der Waals surface area contributed by atoms with Crippen molar-refractivity contribution in [3.05, 3.63) is 59.7 Å². The standard InChI is InChI=1S/C21H22N2O4/c24-20-9-7-17(23(20)11-10-15-4-2-1-3-5-15)21(25)22-13-16-6-8-18-19(12-16)27-14-26-18/h1-6,8,12,17H,7,9-11,13-14H2,(H,22,25). The van der Waals surface area contributed by atoms with Gasteiger partial charge in [0.15, 0.2) is 11.5 Å². The van der Waals surface area contributed by atoms with E-state index in [2.05, 4.69) is 5.32 Å². The van der Waals surface area contributed by atoms with Crippen molar-refractivity contribution in [2.24, 2.45) is 0 Å². The Bertz CT molecular complexity index is 837. The van der Waals surface area contributed by atoms with Crippen LogP contribution in [0.2, 0.25) is 0 Å². The number of carbonyl (C=O) groups excluding carboxylic acids is 2. The van der Waals surface area contributed by atoms with Crippen molar-refractivity contribution in [1.29, 1.82) is 0 Å². The molecule has 1 atom stereocenters. The summed E-state index contributed by atoms with van der Waals surface area (Å²) in [6.07, 6.45) is 1.75. The van der Waals surface area contributed by atoms with Crippen LogP contribution in [0.1, 0.15) is 24.0 Å². The van der Waals surface area contributed by atoms with Gasteiger partial charge in [0.2, 0.25) is 18.6 Å². The van der Waals surface area contributed by atoms with Crippen LogP contribution in [-0.2, 0) is 22.6 Å². The molecule has 2 aliphatic rings. The average molecular weight is 366 g/mol. The smallest absolute Gasteiger partial charge is 0.243 e. The summed E-state index contributed by atoms with van der Waals surface area (Å²) in [5.41, 5.74) is 2.10. The number of fused-ring (bicyclic) bond motifs is 1. The highest BCUT2D eigenvalue weighted by atomic mass is 16.7. The van der Waals surface area contributed by atoms with Gasteiger partial charge in [0.05, 0.1) is 0 Å². The largest absolute Gasteiger partial charge is 0.454 e. The number of rotatable bonds is 6. The lowest BCUT2D eigenvalue weighted by Gasteiger charge is -2.24. The minimum Gasteiger partial charge on any atom is -0.454 e. The van der Waals surface area contributed by atoms with Crippen LogP contribution in [0.4, 0.5) is 0 Å². The molecule has 2 aromatic rings. The average Bonchev–Trinajstić information content (AvgIpc) is 3.31. The zero-order valence-electron chi connectivity index (χ0n) is 15.0. The van der Waals surface area contributed by atoms with E-state index in [0.717, 1.165) is 23.3 Å². The summed E-state index contributed by atoms with van der Waals surface area (Å²) in [7, 11) is 0. The van der Waals surface area contributed by atoms with Gasteiger partial charge >= 0.3 is 0 Å². The first-order valence-corrected chi connectivity index (χ1v) is 9.20.